The second-order valence-electron chi connectivity index (χ2n) is 4.27. The smallest absolute Gasteiger partial charge is 0.194 e. The molecular weight excluding hydrogens is 312 g/mol. The molecule has 0 saturated carbocycles. The van der Waals surface area contributed by atoms with Gasteiger partial charge in [0.15, 0.2) is 17.5 Å². The van der Waals surface area contributed by atoms with Crippen LogP contribution in [0.15, 0.2) is 24.8 Å². The first-order chi connectivity index (χ1) is 8.63. The molecule has 0 aromatic heterocycles. The van der Waals surface area contributed by atoms with Gasteiger partial charge in [-0.1, -0.05) is 6.08 Å². The summed E-state index contributed by atoms with van der Waals surface area (Å²) < 4.78 is 39.4. The van der Waals surface area contributed by atoms with Crippen molar-refractivity contribution in [2.75, 3.05) is 26.2 Å². The van der Waals surface area contributed by atoms with E-state index >= 15 is 0 Å². The second kappa shape index (κ2) is 8.52. The number of nitrogens with zero attached hydrogens (tertiary/aromatic N) is 1. The van der Waals surface area contributed by atoms with Crippen molar-refractivity contribution in [3.05, 3.63) is 47.8 Å². The van der Waals surface area contributed by atoms with Crippen molar-refractivity contribution in [1.82, 2.24) is 10.2 Å². The Morgan fingerprint density at radius 1 is 1.10 bits per heavy atom. The number of hydrogen-bond acceptors (Lipinski definition) is 2. The van der Waals surface area contributed by atoms with E-state index in [0.29, 0.717) is 5.56 Å². The third kappa shape index (κ3) is 4.12. The third-order valence-electron chi connectivity index (χ3n) is 3.12. The average molecular weight is 329 g/mol. The van der Waals surface area contributed by atoms with Crippen molar-refractivity contribution < 1.29 is 13.2 Å². The lowest BCUT2D eigenvalue weighted by molar-refractivity contribution is 0.202. The lowest BCUT2D eigenvalue weighted by Crippen LogP contribution is -2.44. The minimum absolute atomic E-state index is 0. The lowest BCUT2D eigenvalue weighted by atomic mass is 10.0. The Hall–Kier alpha value is -0.750. The number of halogens is 5. The molecule has 1 atom stereocenters. The Bertz CT molecular complexity index is 428. The largest absolute Gasteiger partial charge is 0.314 e. The Labute approximate surface area is 128 Å². The van der Waals surface area contributed by atoms with Gasteiger partial charge in [-0.15, -0.1) is 31.4 Å². The summed E-state index contributed by atoms with van der Waals surface area (Å²) in [5.41, 5.74) is 0.392. The van der Waals surface area contributed by atoms with Crippen molar-refractivity contribution in [2.45, 2.75) is 6.04 Å². The molecule has 1 fully saturated rings. The predicted octanol–water partition coefficient (Wildman–Crippen LogP) is 3.08. The molecule has 1 aromatic rings. The minimum atomic E-state index is -1.43. The highest BCUT2D eigenvalue weighted by Gasteiger charge is 2.22. The molecule has 0 aliphatic carbocycles. The van der Waals surface area contributed by atoms with Gasteiger partial charge in [0.25, 0.3) is 0 Å². The highest BCUT2D eigenvalue weighted by molar-refractivity contribution is 5.85. The van der Waals surface area contributed by atoms with Crippen LogP contribution in [-0.2, 0) is 0 Å². The van der Waals surface area contributed by atoms with E-state index in [9.17, 15) is 13.2 Å². The van der Waals surface area contributed by atoms with Gasteiger partial charge in [0.05, 0.1) is 6.04 Å². The van der Waals surface area contributed by atoms with Crippen LogP contribution in [0.25, 0.3) is 0 Å². The summed E-state index contributed by atoms with van der Waals surface area (Å²) in [6.07, 6.45) is 1.62. The van der Waals surface area contributed by atoms with E-state index in [1.807, 2.05) is 0 Å². The molecule has 2 rings (SSSR count). The zero-order chi connectivity index (χ0) is 13.1. The van der Waals surface area contributed by atoms with Crippen molar-refractivity contribution in [1.29, 1.82) is 0 Å². The molecular formula is C13H17Cl2F3N2. The average Bonchev–Trinajstić information content (AvgIpc) is 2.38. The molecule has 0 radical (unpaired) electrons. The normalized spacial score (nSPS) is 16.8. The molecule has 1 aromatic carbocycles. The maximum absolute atomic E-state index is 13.2. The fourth-order valence-electron chi connectivity index (χ4n) is 2.20. The summed E-state index contributed by atoms with van der Waals surface area (Å²) in [6, 6.07) is 1.77. The van der Waals surface area contributed by atoms with Crippen LogP contribution >= 0.6 is 24.8 Å². The molecule has 0 amide bonds. The van der Waals surface area contributed by atoms with Gasteiger partial charge in [0, 0.05) is 26.2 Å². The van der Waals surface area contributed by atoms with Crippen LogP contribution < -0.4 is 5.32 Å². The van der Waals surface area contributed by atoms with Crippen LogP contribution in [0.4, 0.5) is 13.2 Å². The van der Waals surface area contributed by atoms with Gasteiger partial charge in [-0.2, -0.15) is 0 Å². The molecule has 20 heavy (non-hydrogen) atoms. The second-order valence-corrected chi connectivity index (χ2v) is 4.27. The molecule has 114 valence electrons. The SMILES string of the molecule is C=C[C@H](c1cc(F)c(F)c(F)c1)N1CCNCC1.Cl.Cl. The van der Waals surface area contributed by atoms with Gasteiger partial charge in [-0.25, -0.2) is 13.2 Å². The summed E-state index contributed by atoms with van der Waals surface area (Å²) in [5.74, 6) is -3.75. The predicted molar refractivity (Wildman–Crippen MR) is 78.2 cm³/mol. The van der Waals surface area contributed by atoms with Crippen LogP contribution in [0.2, 0.25) is 0 Å². The first kappa shape index (κ1) is 19.2. The Balaban J connectivity index is 0.00000180. The molecule has 7 heteroatoms. The van der Waals surface area contributed by atoms with Gasteiger partial charge in [0.1, 0.15) is 0 Å². The highest BCUT2D eigenvalue weighted by Crippen LogP contribution is 2.25. The van der Waals surface area contributed by atoms with E-state index in [2.05, 4.69) is 16.8 Å². The van der Waals surface area contributed by atoms with Crippen LogP contribution in [0.3, 0.4) is 0 Å². The van der Waals surface area contributed by atoms with Crippen molar-refractivity contribution in [3.63, 3.8) is 0 Å². The number of rotatable bonds is 3. The molecule has 0 spiro atoms. The zero-order valence-corrected chi connectivity index (χ0v) is 12.4. The maximum atomic E-state index is 13.2. The van der Waals surface area contributed by atoms with E-state index in [0.717, 1.165) is 38.3 Å². The summed E-state index contributed by atoms with van der Waals surface area (Å²) in [6.45, 7) is 6.85. The highest BCUT2D eigenvalue weighted by atomic mass is 35.5. The maximum Gasteiger partial charge on any atom is 0.194 e. The molecule has 2 nitrogen and oxygen atoms in total. The topological polar surface area (TPSA) is 15.3 Å². The Morgan fingerprint density at radius 2 is 1.60 bits per heavy atom. The Kier molecular flexibility index (Phi) is 8.20. The molecule has 1 heterocycles. The van der Waals surface area contributed by atoms with Crippen molar-refractivity contribution in [3.8, 4) is 0 Å². The van der Waals surface area contributed by atoms with E-state index in [4.69, 9.17) is 0 Å². The first-order valence-corrected chi connectivity index (χ1v) is 5.85. The summed E-state index contributed by atoms with van der Waals surface area (Å²) in [5, 5.41) is 3.19. The van der Waals surface area contributed by atoms with Gasteiger partial charge in [-0.05, 0) is 17.7 Å². The fourth-order valence-corrected chi connectivity index (χ4v) is 2.20. The number of nitrogens with one attached hydrogen (secondary N) is 1. The van der Waals surface area contributed by atoms with Gasteiger partial charge < -0.3 is 5.32 Å². The monoisotopic (exact) mass is 328 g/mol. The summed E-state index contributed by atoms with van der Waals surface area (Å²) >= 11 is 0. The number of piperazine rings is 1. The Morgan fingerprint density at radius 3 is 2.05 bits per heavy atom. The zero-order valence-electron chi connectivity index (χ0n) is 10.7. The quantitative estimate of drug-likeness (QED) is 0.677. The number of hydrogen-bond donors (Lipinski definition) is 1. The van der Waals surface area contributed by atoms with E-state index in [-0.39, 0.29) is 30.9 Å². The third-order valence-corrected chi connectivity index (χ3v) is 3.12. The summed E-state index contributed by atoms with van der Waals surface area (Å²) in [4.78, 5) is 2.05. The molecule has 1 saturated heterocycles. The van der Waals surface area contributed by atoms with Gasteiger partial charge >= 0.3 is 0 Å². The fraction of sp³-hybridized carbons (Fsp3) is 0.385. The molecule has 1 aliphatic heterocycles. The first-order valence-electron chi connectivity index (χ1n) is 5.85. The van der Waals surface area contributed by atoms with Crippen LogP contribution in [0.5, 0.6) is 0 Å². The van der Waals surface area contributed by atoms with Gasteiger partial charge in [0.2, 0.25) is 0 Å². The van der Waals surface area contributed by atoms with Crippen molar-refractivity contribution >= 4 is 24.8 Å². The van der Waals surface area contributed by atoms with E-state index in [1.165, 1.54) is 0 Å². The minimum Gasteiger partial charge on any atom is -0.314 e. The van der Waals surface area contributed by atoms with Crippen LogP contribution in [0.1, 0.15) is 11.6 Å². The van der Waals surface area contributed by atoms with Crippen LogP contribution in [-0.4, -0.2) is 31.1 Å². The van der Waals surface area contributed by atoms with Gasteiger partial charge in [-0.3, -0.25) is 4.90 Å². The molecule has 0 bridgehead atoms. The lowest BCUT2D eigenvalue weighted by Gasteiger charge is -2.33. The molecule has 1 N–H and O–H groups in total. The molecule has 1 aliphatic rings. The van der Waals surface area contributed by atoms with Crippen molar-refractivity contribution in [2.24, 2.45) is 0 Å². The van der Waals surface area contributed by atoms with E-state index in [1.54, 1.807) is 6.08 Å². The molecule has 0 unspecified atom stereocenters. The van der Waals surface area contributed by atoms with Crippen LogP contribution in [0, 0.1) is 17.5 Å². The van der Waals surface area contributed by atoms with E-state index < -0.39 is 17.5 Å². The summed E-state index contributed by atoms with van der Waals surface area (Å²) in [7, 11) is 0. The standard InChI is InChI=1S/C13H15F3N2.2ClH/c1-2-12(18-5-3-17-4-6-18)9-7-10(14)13(16)11(15)8-9;;/h2,7-8,12,17H,1,3-6H2;2*1H/t12-;;/m1../s1. The number of benzene rings is 1.